The van der Waals surface area contributed by atoms with Crippen molar-refractivity contribution < 1.29 is 28.5 Å². The van der Waals surface area contributed by atoms with Crippen molar-refractivity contribution >= 4 is 41.0 Å². The molecule has 5 rings (SSSR count). The minimum absolute atomic E-state index is 0.110. The molecular weight excluding hydrogens is 467 g/mol. The van der Waals surface area contributed by atoms with Crippen LogP contribution in [0.4, 0.5) is 0 Å². The molecule has 0 fully saturated rings. The fourth-order valence-corrected chi connectivity index (χ4v) is 4.24. The van der Waals surface area contributed by atoms with Crippen molar-refractivity contribution in [1.29, 1.82) is 0 Å². The first kappa shape index (κ1) is 21.5. The Morgan fingerprint density at radius 3 is 2.76 bits per heavy atom. The largest absolute Gasteiger partial charge is 0.467 e. The number of allylic oxidation sites excluding steroid dienone is 1. The zero-order chi connectivity index (χ0) is 23.1. The van der Waals surface area contributed by atoms with Gasteiger partial charge in [0.25, 0.3) is 0 Å². The number of hydrogen-bond donors (Lipinski definition) is 0. The summed E-state index contributed by atoms with van der Waals surface area (Å²) in [7, 11) is 0. The Hall–Kier alpha value is -3.32. The summed E-state index contributed by atoms with van der Waals surface area (Å²) >= 11 is 12.3. The Bertz CT molecular complexity index is 1340. The number of Topliss-reactive ketones (excluding diaryl/α,β-unsaturated/α-hetero) is 1. The lowest BCUT2D eigenvalue weighted by Gasteiger charge is -2.20. The van der Waals surface area contributed by atoms with Gasteiger partial charge in [-0.2, -0.15) is 0 Å². The lowest BCUT2D eigenvalue weighted by molar-refractivity contribution is -0.0165. The molecule has 2 aliphatic rings. The highest BCUT2D eigenvalue weighted by molar-refractivity contribution is 6.33. The highest BCUT2D eigenvalue weighted by Crippen LogP contribution is 2.40. The zero-order valence-corrected chi connectivity index (χ0v) is 18.8. The van der Waals surface area contributed by atoms with Crippen LogP contribution in [0.5, 0.6) is 17.2 Å². The number of esters is 1. The number of carbonyl (C=O) groups is 2. The van der Waals surface area contributed by atoms with E-state index in [1.165, 1.54) is 6.07 Å². The number of ether oxygens (including phenoxy) is 4. The van der Waals surface area contributed by atoms with Gasteiger partial charge in [0.2, 0.25) is 5.78 Å². The van der Waals surface area contributed by atoms with Gasteiger partial charge < -0.3 is 18.9 Å². The molecule has 2 aliphatic heterocycles. The van der Waals surface area contributed by atoms with Crippen LogP contribution >= 0.6 is 23.2 Å². The van der Waals surface area contributed by atoms with Crippen LogP contribution in [0.2, 0.25) is 10.0 Å². The molecular formula is C25H16Cl2O6. The van der Waals surface area contributed by atoms with Gasteiger partial charge in [-0.1, -0.05) is 35.3 Å². The topological polar surface area (TPSA) is 71.1 Å². The first-order chi connectivity index (χ1) is 15.9. The highest BCUT2D eigenvalue weighted by atomic mass is 35.5. The molecule has 0 radical (unpaired) electrons. The smallest absolute Gasteiger partial charge is 0.345 e. The summed E-state index contributed by atoms with van der Waals surface area (Å²) in [5, 5.41) is 0.775. The van der Waals surface area contributed by atoms with Gasteiger partial charge in [0.05, 0.1) is 22.8 Å². The molecule has 3 aromatic rings. The summed E-state index contributed by atoms with van der Waals surface area (Å²) in [6.07, 6.45) is 1.59. The third kappa shape index (κ3) is 4.09. The highest BCUT2D eigenvalue weighted by Gasteiger charge is 2.31. The summed E-state index contributed by atoms with van der Waals surface area (Å²) in [4.78, 5) is 25.6. The SMILES string of the molecule is Cc1cc(OC(=O)c2ccccc2Cl)cc2c1C(=O)/C(=C/c1cc(Cl)cc3c1OCOC3)O2. The normalized spacial score (nSPS) is 15.5. The van der Waals surface area contributed by atoms with Crippen molar-refractivity contribution in [3.8, 4) is 17.2 Å². The number of benzene rings is 3. The molecule has 0 saturated heterocycles. The number of carbonyl (C=O) groups excluding carboxylic acids is 2. The van der Waals surface area contributed by atoms with Crippen LogP contribution in [0.25, 0.3) is 6.08 Å². The molecule has 0 N–H and O–H groups in total. The van der Waals surface area contributed by atoms with Crippen LogP contribution in [0.15, 0.2) is 54.3 Å². The molecule has 33 heavy (non-hydrogen) atoms. The number of halogens is 2. The van der Waals surface area contributed by atoms with E-state index in [2.05, 4.69) is 0 Å². The molecule has 0 unspecified atom stereocenters. The average Bonchev–Trinajstić information content (AvgIpc) is 3.09. The lowest BCUT2D eigenvalue weighted by Crippen LogP contribution is -2.12. The second kappa shape index (κ2) is 8.56. The van der Waals surface area contributed by atoms with Crippen molar-refractivity contribution in [2.75, 3.05) is 6.79 Å². The molecule has 2 heterocycles. The molecule has 0 saturated carbocycles. The third-order valence-electron chi connectivity index (χ3n) is 5.24. The predicted octanol–water partition coefficient (Wildman–Crippen LogP) is 6.00. The Labute approximate surface area is 199 Å². The number of rotatable bonds is 3. The maximum atomic E-state index is 13.1. The Morgan fingerprint density at radius 2 is 1.94 bits per heavy atom. The molecule has 6 nitrogen and oxygen atoms in total. The molecule has 8 heteroatoms. The van der Waals surface area contributed by atoms with E-state index >= 15 is 0 Å². The zero-order valence-electron chi connectivity index (χ0n) is 17.3. The Morgan fingerprint density at radius 1 is 1.12 bits per heavy atom. The minimum Gasteiger partial charge on any atom is -0.467 e. The van der Waals surface area contributed by atoms with Gasteiger partial charge in [-0.3, -0.25) is 4.79 Å². The predicted molar refractivity (Wildman–Crippen MR) is 122 cm³/mol. The summed E-state index contributed by atoms with van der Waals surface area (Å²) in [5.74, 6) is 0.357. The maximum absolute atomic E-state index is 13.1. The molecule has 0 bridgehead atoms. The molecule has 0 spiro atoms. The second-order valence-corrected chi connectivity index (χ2v) is 8.36. The minimum atomic E-state index is -0.607. The van der Waals surface area contributed by atoms with Gasteiger partial charge in [-0.15, -0.1) is 0 Å². The number of ketones is 1. The van der Waals surface area contributed by atoms with Crippen molar-refractivity contribution in [2.45, 2.75) is 13.5 Å². The van der Waals surface area contributed by atoms with Crippen LogP contribution in [0.3, 0.4) is 0 Å². The van der Waals surface area contributed by atoms with E-state index in [-0.39, 0.29) is 34.7 Å². The van der Waals surface area contributed by atoms with E-state index in [0.717, 1.165) is 5.56 Å². The first-order valence-electron chi connectivity index (χ1n) is 9.99. The molecule has 0 aliphatic carbocycles. The van der Waals surface area contributed by atoms with Gasteiger partial charge in [-0.05, 0) is 48.9 Å². The fraction of sp³-hybridized carbons (Fsp3) is 0.120. The summed E-state index contributed by atoms with van der Waals surface area (Å²) in [6.45, 7) is 2.22. The molecule has 166 valence electrons. The van der Waals surface area contributed by atoms with E-state index in [1.54, 1.807) is 55.5 Å². The van der Waals surface area contributed by atoms with Gasteiger partial charge in [-0.25, -0.2) is 4.79 Å². The van der Waals surface area contributed by atoms with Gasteiger partial charge in [0.15, 0.2) is 12.6 Å². The van der Waals surface area contributed by atoms with Crippen molar-refractivity contribution in [3.63, 3.8) is 0 Å². The van der Waals surface area contributed by atoms with Gasteiger partial charge in [0, 0.05) is 22.2 Å². The number of aryl methyl sites for hydroxylation is 1. The molecule has 0 aromatic heterocycles. The van der Waals surface area contributed by atoms with Crippen LogP contribution in [0.1, 0.15) is 37.4 Å². The van der Waals surface area contributed by atoms with Crippen LogP contribution in [-0.4, -0.2) is 18.5 Å². The Kier molecular flexibility index (Phi) is 5.58. The van der Waals surface area contributed by atoms with Gasteiger partial charge >= 0.3 is 5.97 Å². The van der Waals surface area contributed by atoms with E-state index in [9.17, 15) is 9.59 Å². The molecule has 3 aromatic carbocycles. The van der Waals surface area contributed by atoms with Gasteiger partial charge in [0.1, 0.15) is 17.2 Å². The monoisotopic (exact) mass is 482 g/mol. The van der Waals surface area contributed by atoms with Crippen LogP contribution in [-0.2, 0) is 11.3 Å². The van der Waals surface area contributed by atoms with E-state index in [1.807, 2.05) is 0 Å². The van der Waals surface area contributed by atoms with Crippen molar-refractivity contribution in [3.05, 3.63) is 92.2 Å². The maximum Gasteiger partial charge on any atom is 0.345 e. The molecule has 0 amide bonds. The Balaban J connectivity index is 1.46. The molecule has 0 atom stereocenters. The van der Waals surface area contributed by atoms with Crippen molar-refractivity contribution in [2.24, 2.45) is 0 Å². The van der Waals surface area contributed by atoms with Crippen LogP contribution in [0, 0.1) is 6.92 Å². The quantitative estimate of drug-likeness (QED) is 0.259. The van der Waals surface area contributed by atoms with Crippen LogP contribution < -0.4 is 14.2 Å². The summed E-state index contributed by atoms with van der Waals surface area (Å²) in [5.41, 5.74) is 2.65. The number of fused-ring (bicyclic) bond motifs is 2. The second-order valence-electron chi connectivity index (χ2n) is 7.52. The van der Waals surface area contributed by atoms with E-state index in [4.69, 9.17) is 42.1 Å². The number of hydrogen-bond acceptors (Lipinski definition) is 6. The third-order valence-corrected chi connectivity index (χ3v) is 5.79. The van der Waals surface area contributed by atoms with E-state index < -0.39 is 5.97 Å². The standard InChI is InChI=1S/C25H16Cl2O6/c1-13-6-17(32-25(29)18-4-2-3-5-19(18)27)10-20-22(13)23(28)21(33-20)9-14-7-16(26)8-15-11-30-12-31-24(14)15/h2-10H,11-12H2,1H3/b21-9-. The first-order valence-corrected chi connectivity index (χ1v) is 10.7. The summed E-state index contributed by atoms with van der Waals surface area (Å²) in [6, 6.07) is 13.2. The van der Waals surface area contributed by atoms with Crippen molar-refractivity contribution in [1.82, 2.24) is 0 Å². The lowest BCUT2D eigenvalue weighted by atomic mass is 10.0. The summed E-state index contributed by atoms with van der Waals surface area (Å²) < 4.78 is 22.2. The fourth-order valence-electron chi connectivity index (χ4n) is 3.78. The average molecular weight is 483 g/mol. The van der Waals surface area contributed by atoms with E-state index in [0.29, 0.717) is 39.8 Å².